The second-order valence-electron chi connectivity index (χ2n) is 7.75. The molecule has 1 aromatic rings. The fourth-order valence-electron chi connectivity index (χ4n) is 3.99. The van der Waals surface area contributed by atoms with E-state index in [1.807, 2.05) is 36.9 Å². The van der Waals surface area contributed by atoms with E-state index in [9.17, 15) is 9.59 Å². The Morgan fingerprint density at radius 2 is 2.00 bits per heavy atom. The number of piperidine rings is 1. The van der Waals surface area contributed by atoms with Crippen LogP contribution in [0.25, 0.3) is 0 Å². The Morgan fingerprint density at radius 1 is 1.22 bits per heavy atom. The van der Waals surface area contributed by atoms with E-state index in [0.29, 0.717) is 19.0 Å². The van der Waals surface area contributed by atoms with E-state index in [4.69, 9.17) is 4.74 Å². The van der Waals surface area contributed by atoms with Gasteiger partial charge in [0.25, 0.3) is 5.91 Å². The van der Waals surface area contributed by atoms with Crippen molar-refractivity contribution in [3.63, 3.8) is 0 Å². The van der Waals surface area contributed by atoms with Gasteiger partial charge in [0.1, 0.15) is 5.75 Å². The first-order valence-corrected chi connectivity index (χ1v) is 10.0. The van der Waals surface area contributed by atoms with Crippen molar-refractivity contribution >= 4 is 11.8 Å². The third kappa shape index (κ3) is 5.22. The molecule has 0 aromatic heterocycles. The summed E-state index contributed by atoms with van der Waals surface area (Å²) < 4.78 is 5.81. The number of carbonyl (C=O) groups is 2. The maximum Gasteiger partial charge on any atom is 0.260 e. The SMILES string of the molecule is Cc1cccc(C)c1OCC(=O)N1CCCC(CNC(=O)C2CCCN2)C1. The number of likely N-dealkylation sites (tertiary alicyclic amines) is 1. The second-order valence-corrected chi connectivity index (χ2v) is 7.75. The Hall–Kier alpha value is -2.08. The minimum atomic E-state index is -0.0444. The number of hydrogen-bond donors (Lipinski definition) is 2. The van der Waals surface area contributed by atoms with Gasteiger partial charge < -0.3 is 20.3 Å². The Bertz CT molecular complexity index is 650. The van der Waals surface area contributed by atoms with Gasteiger partial charge >= 0.3 is 0 Å². The van der Waals surface area contributed by atoms with Crippen LogP contribution in [-0.2, 0) is 9.59 Å². The minimum Gasteiger partial charge on any atom is -0.483 e. The van der Waals surface area contributed by atoms with Crippen molar-refractivity contribution < 1.29 is 14.3 Å². The van der Waals surface area contributed by atoms with Crippen LogP contribution < -0.4 is 15.4 Å². The van der Waals surface area contributed by atoms with Crippen molar-refractivity contribution in [1.82, 2.24) is 15.5 Å². The summed E-state index contributed by atoms with van der Waals surface area (Å²) in [4.78, 5) is 26.6. The van der Waals surface area contributed by atoms with Crippen LogP contribution in [0.4, 0.5) is 0 Å². The molecule has 148 valence electrons. The molecule has 27 heavy (non-hydrogen) atoms. The van der Waals surface area contributed by atoms with Gasteiger partial charge in [-0.2, -0.15) is 0 Å². The van der Waals surface area contributed by atoms with Gasteiger partial charge in [-0.15, -0.1) is 0 Å². The zero-order valence-corrected chi connectivity index (χ0v) is 16.4. The third-order valence-corrected chi connectivity index (χ3v) is 5.56. The lowest BCUT2D eigenvalue weighted by molar-refractivity contribution is -0.135. The molecule has 0 aliphatic carbocycles. The highest BCUT2D eigenvalue weighted by Gasteiger charge is 2.26. The molecule has 2 aliphatic heterocycles. The average molecular weight is 373 g/mol. The number of para-hydroxylation sites is 1. The van der Waals surface area contributed by atoms with Crippen molar-refractivity contribution in [2.75, 3.05) is 32.8 Å². The Balaban J connectivity index is 1.45. The van der Waals surface area contributed by atoms with Gasteiger partial charge in [-0.3, -0.25) is 9.59 Å². The van der Waals surface area contributed by atoms with Crippen LogP contribution in [0.3, 0.4) is 0 Å². The van der Waals surface area contributed by atoms with E-state index in [2.05, 4.69) is 10.6 Å². The molecule has 2 amide bonds. The van der Waals surface area contributed by atoms with Gasteiger partial charge in [0, 0.05) is 19.6 Å². The van der Waals surface area contributed by atoms with E-state index in [1.54, 1.807) is 0 Å². The third-order valence-electron chi connectivity index (χ3n) is 5.56. The van der Waals surface area contributed by atoms with E-state index in [-0.39, 0.29) is 24.5 Å². The molecule has 2 saturated heterocycles. The van der Waals surface area contributed by atoms with E-state index >= 15 is 0 Å². The zero-order chi connectivity index (χ0) is 19.2. The highest BCUT2D eigenvalue weighted by Crippen LogP contribution is 2.23. The number of nitrogens with zero attached hydrogens (tertiary/aromatic N) is 1. The number of carbonyl (C=O) groups excluding carboxylic acids is 2. The first-order chi connectivity index (χ1) is 13.0. The molecule has 2 heterocycles. The van der Waals surface area contributed by atoms with Gasteiger partial charge in [0.15, 0.2) is 6.61 Å². The van der Waals surface area contributed by atoms with Crippen molar-refractivity contribution in [2.45, 2.75) is 45.6 Å². The molecule has 2 fully saturated rings. The van der Waals surface area contributed by atoms with Gasteiger partial charge in [-0.05, 0) is 63.1 Å². The number of rotatable bonds is 6. The van der Waals surface area contributed by atoms with Gasteiger partial charge in [-0.1, -0.05) is 18.2 Å². The van der Waals surface area contributed by atoms with Crippen LogP contribution in [-0.4, -0.2) is 55.5 Å². The van der Waals surface area contributed by atoms with Crippen molar-refractivity contribution in [3.05, 3.63) is 29.3 Å². The van der Waals surface area contributed by atoms with E-state index in [0.717, 1.165) is 55.6 Å². The Morgan fingerprint density at radius 3 is 2.70 bits per heavy atom. The molecule has 2 N–H and O–H groups in total. The van der Waals surface area contributed by atoms with Crippen molar-refractivity contribution in [3.8, 4) is 5.75 Å². The number of aryl methyl sites for hydroxylation is 2. The summed E-state index contributed by atoms with van der Waals surface area (Å²) >= 11 is 0. The second kappa shape index (κ2) is 9.22. The monoisotopic (exact) mass is 373 g/mol. The molecule has 6 nitrogen and oxygen atoms in total. The predicted octanol–water partition coefficient (Wildman–Crippen LogP) is 1.79. The number of nitrogens with one attached hydrogen (secondary N) is 2. The summed E-state index contributed by atoms with van der Waals surface area (Å²) in [5.74, 6) is 1.23. The predicted molar refractivity (Wildman–Crippen MR) is 105 cm³/mol. The Kier molecular flexibility index (Phi) is 6.72. The van der Waals surface area contributed by atoms with Gasteiger partial charge in [-0.25, -0.2) is 0 Å². The number of ether oxygens (including phenoxy) is 1. The van der Waals surface area contributed by atoms with Crippen LogP contribution in [0.2, 0.25) is 0 Å². The molecule has 0 bridgehead atoms. The van der Waals surface area contributed by atoms with E-state index < -0.39 is 0 Å². The molecule has 6 heteroatoms. The van der Waals surface area contributed by atoms with Crippen LogP contribution >= 0.6 is 0 Å². The fourth-order valence-corrected chi connectivity index (χ4v) is 3.99. The zero-order valence-electron chi connectivity index (χ0n) is 16.4. The van der Waals surface area contributed by atoms with Gasteiger partial charge in [0.2, 0.25) is 5.91 Å². The van der Waals surface area contributed by atoms with Crippen molar-refractivity contribution in [2.24, 2.45) is 5.92 Å². The number of benzene rings is 1. The van der Waals surface area contributed by atoms with Crippen LogP contribution in [0.5, 0.6) is 5.75 Å². The molecular weight excluding hydrogens is 342 g/mol. The summed E-state index contributed by atoms with van der Waals surface area (Å²) in [7, 11) is 0. The standard InChI is InChI=1S/C21H31N3O3/c1-15-6-3-7-16(2)20(15)27-14-19(25)24-11-5-8-17(13-24)12-23-21(26)18-9-4-10-22-18/h3,6-7,17-18,22H,4-5,8-14H2,1-2H3,(H,23,26). The summed E-state index contributed by atoms with van der Waals surface area (Å²) in [5.41, 5.74) is 2.09. The summed E-state index contributed by atoms with van der Waals surface area (Å²) in [6.45, 7) is 7.06. The number of hydrogen-bond acceptors (Lipinski definition) is 4. The minimum absolute atomic E-state index is 0.0196. The summed E-state index contributed by atoms with van der Waals surface area (Å²) in [6.07, 6.45) is 3.98. The smallest absolute Gasteiger partial charge is 0.260 e. The molecule has 0 radical (unpaired) electrons. The first kappa shape index (κ1) is 19.7. The normalized spacial score (nSPS) is 22.5. The molecule has 2 atom stereocenters. The molecule has 0 spiro atoms. The maximum absolute atomic E-state index is 12.6. The largest absolute Gasteiger partial charge is 0.483 e. The topological polar surface area (TPSA) is 70.7 Å². The highest BCUT2D eigenvalue weighted by atomic mass is 16.5. The van der Waals surface area contributed by atoms with E-state index in [1.165, 1.54) is 0 Å². The highest BCUT2D eigenvalue weighted by molar-refractivity contribution is 5.82. The fraction of sp³-hybridized carbons (Fsp3) is 0.619. The lowest BCUT2D eigenvalue weighted by Gasteiger charge is -2.33. The maximum atomic E-state index is 12.6. The molecule has 1 aromatic carbocycles. The summed E-state index contributed by atoms with van der Waals surface area (Å²) in [6, 6.07) is 5.93. The first-order valence-electron chi connectivity index (χ1n) is 10.0. The quantitative estimate of drug-likeness (QED) is 0.798. The summed E-state index contributed by atoms with van der Waals surface area (Å²) in [5, 5.41) is 6.28. The van der Waals surface area contributed by atoms with Crippen LogP contribution in [0, 0.1) is 19.8 Å². The van der Waals surface area contributed by atoms with Gasteiger partial charge in [0.05, 0.1) is 6.04 Å². The van der Waals surface area contributed by atoms with Crippen LogP contribution in [0.1, 0.15) is 36.8 Å². The number of amides is 2. The van der Waals surface area contributed by atoms with Crippen LogP contribution in [0.15, 0.2) is 18.2 Å². The Labute approximate surface area is 161 Å². The molecule has 2 aliphatic rings. The molecular formula is C21H31N3O3. The molecule has 0 saturated carbocycles. The molecule has 3 rings (SSSR count). The lowest BCUT2D eigenvalue weighted by Crippen LogP contribution is -2.47. The average Bonchev–Trinajstić information content (AvgIpc) is 3.20. The van der Waals surface area contributed by atoms with Crippen molar-refractivity contribution in [1.29, 1.82) is 0 Å². The lowest BCUT2D eigenvalue weighted by atomic mass is 9.97. The molecule has 2 unspecified atom stereocenters.